The van der Waals surface area contributed by atoms with Crippen LogP contribution in [0.1, 0.15) is 40.9 Å². The fraction of sp³-hybridized carbons (Fsp3) is 0.227. The first kappa shape index (κ1) is 17.7. The van der Waals surface area contributed by atoms with Crippen molar-refractivity contribution < 1.29 is 9.18 Å². The Labute approximate surface area is 162 Å². The van der Waals surface area contributed by atoms with Crippen molar-refractivity contribution in [2.45, 2.75) is 24.9 Å². The molecule has 2 N–H and O–H groups in total. The predicted molar refractivity (Wildman–Crippen MR) is 106 cm³/mol. The van der Waals surface area contributed by atoms with Crippen LogP contribution in [0.15, 0.2) is 72.1 Å². The Balaban J connectivity index is 1.52. The zero-order chi connectivity index (χ0) is 18.6. The Hall–Kier alpha value is -2.66. The van der Waals surface area contributed by atoms with Crippen molar-refractivity contribution in [1.82, 2.24) is 10.6 Å². The number of amides is 2. The smallest absolute Gasteiger partial charge is 0.316 e. The second kappa shape index (κ2) is 7.92. The van der Waals surface area contributed by atoms with E-state index in [0.717, 1.165) is 28.8 Å². The van der Waals surface area contributed by atoms with Gasteiger partial charge in [0.25, 0.3) is 0 Å². The minimum Gasteiger partial charge on any atom is -0.331 e. The quantitative estimate of drug-likeness (QED) is 0.588. The van der Waals surface area contributed by atoms with Crippen molar-refractivity contribution in [3.8, 4) is 0 Å². The third-order valence-electron chi connectivity index (χ3n) is 4.85. The lowest BCUT2D eigenvalue weighted by Gasteiger charge is -2.23. The van der Waals surface area contributed by atoms with Crippen molar-refractivity contribution in [1.29, 1.82) is 0 Å². The molecule has 0 bridgehead atoms. The molecule has 2 aromatic carbocycles. The third-order valence-corrected chi connectivity index (χ3v) is 5.78. The number of hydrogen-bond acceptors (Lipinski definition) is 2. The molecule has 3 aromatic rings. The molecule has 1 aliphatic carbocycles. The standard InChI is InChI=1S/C22H21FN2OS/c23-18-12-10-17(11-13-18)21(19-7-4-14-27-19)25-22(26)24-20(16-8-9-16)15-5-2-1-3-6-15/h1-7,10-14,16,20-21H,8-9H2,(H2,24,25,26)/t20-,21-/m0/s1. The summed E-state index contributed by atoms with van der Waals surface area (Å²) in [5.41, 5.74) is 1.99. The van der Waals surface area contributed by atoms with Crippen molar-refractivity contribution in [3.05, 3.63) is 93.9 Å². The van der Waals surface area contributed by atoms with Crippen LogP contribution in [0, 0.1) is 11.7 Å². The second-order valence-corrected chi connectivity index (χ2v) is 7.82. The molecule has 1 fully saturated rings. The number of rotatable bonds is 6. The van der Waals surface area contributed by atoms with E-state index < -0.39 is 0 Å². The molecule has 1 heterocycles. The van der Waals surface area contributed by atoms with E-state index in [9.17, 15) is 9.18 Å². The molecular formula is C22H21FN2OS. The van der Waals surface area contributed by atoms with Crippen LogP contribution >= 0.6 is 11.3 Å². The molecule has 27 heavy (non-hydrogen) atoms. The first-order valence-corrected chi connectivity index (χ1v) is 9.99. The summed E-state index contributed by atoms with van der Waals surface area (Å²) >= 11 is 1.57. The molecule has 0 saturated heterocycles. The van der Waals surface area contributed by atoms with Gasteiger partial charge >= 0.3 is 6.03 Å². The largest absolute Gasteiger partial charge is 0.331 e. The molecule has 4 rings (SSSR count). The molecule has 2 atom stereocenters. The molecule has 0 spiro atoms. The number of benzene rings is 2. The lowest BCUT2D eigenvalue weighted by Crippen LogP contribution is -2.40. The average Bonchev–Trinajstić information content (AvgIpc) is 3.39. The third kappa shape index (κ3) is 4.37. The summed E-state index contributed by atoms with van der Waals surface area (Å²) in [6, 6.07) is 19.8. The molecule has 1 saturated carbocycles. The molecule has 3 nitrogen and oxygen atoms in total. The van der Waals surface area contributed by atoms with E-state index in [1.54, 1.807) is 23.5 Å². The van der Waals surface area contributed by atoms with E-state index in [-0.39, 0.29) is 23.9 Å². The Morgan fingerprint density at radius 2 is 1.67 bits per heavy atom. The van der Waals surface area contributed by atoms with Crippen LogP contribution in [0.25, 0.3) is 0 Å². The van der Waals surface area contributed by atoms with Gasteiger partial charge in [0.1, 0.15) is 5.82 Å². The number of urea groups is 1. The van der Waals surface area contributed by atoms with Crippen LogP contribution in [0.2, 0.25) is 0 Å². The van der Waals surface area contributed by atoms with Gasteiger partial charge in [-0.25, -0.2) is 9.18 Å². The highest BCUT2D eigenvalue weighted by Crippen LogP contribution is 2.41. The summed E-state index contributed by atoms with van der Waals surface area (Å²) in [5.74, 6) is 0.204. The molecule has 0 unspecified atom stereocenters. The molecule has 0 radical (unpaired) electrons. The normalized spacial score (nSPS) is 15.7. The van der Waals surface area contributed by atoms with E-state index in [1.807, 2.05) is 35.7 Å². The number of thiophene rings is 1. The first-order valence-electron chi connectivity index (χ1n) is 9.11. The number of halogens is 1. The van der Waals surface area contributed by atoms with Gasteiger partial charge in [-0.2, -0.15) is 0 Å². The summed E-state index contributed by atoms with van der Waals surface area (Å²) in [6.45, 7) is 0. The van der Waals surface area contributed by atoms with Gasteiger partial charge in [-0.1, -0.05) is 48.5 Å². The van der Waals surface area contributed by atoms with Gasteiger partial charge in [-0.3, -0.25) is 0 Å². The van der Waals surface area contributed by atoms with Crippen molar-refractivity contribution >= 4 is 17.4 Å². The fourth-order valence-electron chi connectivity index (χ4n) is 3.31. The van der Waals surface area contributed by atoms with Gasteiger partial charge < -0.3 is 10.6 Å². The zero-order valence-electron chi connectivity index (χ0n) is 14.8. The fourth-order valence-corrected chi connectivity index (χ4v) is 4.11. The summed E-state index contributed by atoms with van der Waals surface area (Å²) in [6.07, 6.45) is 2.26. The van der Waals surface area contributed by atoms with Crippen LogP contribution in [-0.4, -0.2) is 6.03 Å². The number of nitrogens with one attached hydrogen (secondary N) is 2. The van der Waals surface area contributed by atoms with Gasteiger partial charge in [0.15, 0.2) is 0 Å². The minimum absolute atomic E-state index is 0.0170. The summed E-state index contributed by atoms with van der Waals surface area (Å²) in [4.78, 5) is 13.8. The van der Waals surface area contributed by atoms with Crippen molar-refractivity contribution in [2.24, 2.45) is 5.92 Å². The maximum Gasteiger partial charge on any atom is 0.316 e. The van der Waals surface area contributed by atoms with Crippen LogP contribution in [0.3, 0.4) is 0 Å². The number of carbonyl (C=O) groups excluding carboxylic acids is 1. The Kier molecular flexibility index (Phi) is 5.21. The summed E-state index contributed by atoms with van der Waals surface area (Å²) in [7, 11) is 0. The SMILES string of the molecule is O=C(N[C@@H](c1ccc(F)cc1)c1cccs1)N[C@@H](c1ccccc1)C1CC1. The maximum absolute atomic E-state index is 13.3. The van der Waals surface area contributed by atoms with Gasteiger partial charge in [0.05, 0.1) is 12.1 Å². The topological polar surface area (TPSA) is 41.1 Å². The lowest BCUT2D eigenvalue weighted by atomic mass is 10.0. The highest BCUT2D eigenvalue weighted by atomic mass is 32.1. The van der Waals surface area contributed by atoms with E-state index >= 15 is 0 Å². The van der Waals surface area contributed by atoms with Gasteiger partial charge in [-0.15, -0.1) is 11.3 Å². The van der Waals surface area contributed by atoms with Gasteiger partial charge in [-0.05, 0) is 53.5 Å². The van der Waals surface area contributed by atoms with Gasteiger partial charge in [0, 0.05) is 4.88 Å². The molecule has 1 aliphatic rings. The van der Waals surface area contributed by atoms with E-state index in [1.165, 1.54) is 12.1 Å². The number of hydrogen-bond donors (Lipinski definition) is 2. The molecule has 5 heteroatoms. The molecule has 0 aliphatic heterocycles. The summed E-state index contributed by atoms with van der Waals surface area (Å²) < 4.78 is 13.3. The van der Waals surface area contributed by atoms with Crippen LogP contribution in [0.5, 0.6) is 0 Å². The highest BCUT2D eigenvalue weighted by molar-refractivity contribution is 7.10. The minimum atomic E-state index is -0.304. The summed E-state index contributed by atoms with van der Waals surface area (Å²) in [5, 5.41) is 8.20. The van der Waals surface area contributed by atoms with E-state index in [2.05, 4.69) is 22.8 Å². The monoisotopic (exact) mass is 380 g/mol. The highest BCUT2D eigenvalue weighted by Gasteiger charge is 2.33. The molecule has 138 valence electrons. The first-order chi connectivity index (χ1) is 13.2. The molecule has 1 aromatic heterocycles. The van der Waals surface area contributed by atoms with Crippen molar-refractivity contribution in [3.63, 3.8) is 0 Å². The number of carbonyl (C=O) groups is 1. The average molecular weight is 380 g/mol. The van der Waals surface area contributed by atoms with E-state index in [4.69, 9.17) is 0 Å². The lowest BCUT2D eigenvalue weighted by molar-refractivity contribution is 0.233. The Bertz CT molecular complexity index is 876. The molecular weight excluding hydrogens is 359 g/mol. The van der Waals surface area contributed by atoms with Crippen LogP contribution in [0.4, 0.5) is 9.18 Å². The second-order valence-electron chi connectivity index (χ2n) is 6.84. The molecule has 2 amide bonds. The zero-order valence-corrected chi connectivity index (χ0v) is 15.6. The van der Waals surface area contributed by atoms with E-state index in [0.29, 0.717) is 5.92 Å². The Morgan fingerprint density at radius 3 is 2.30 bits per heavy atom. The predicted octanol–water partition coefficient (Wildman–Crippen LogP) is 5.43. The Morgan fingerprint density at radius 1 is 0.926 bits per heavy atom. The van der Waals surface area contributed by atoms with Gasteiger partial charge in [0.2, 0.25) is 0 Å². The van der Waals surface area contributed by atoms with Crippen LogP contribution < -0.4 is 10.6 Å². The maximum atomic E-state index is 13.3. The van der Waals surface area contributed by atoms with Crippen molar-refractivity contribution in [2.75, 3.05) is 0 Å². The van der Waals surface area contributed by atoms with Crippen LogP contribution in [-0.2, 0) is 0 Å².